The predicted molar refractivity (Wildman–Crippen MR) is 93.6 cm³/mol. The molecule has 1 heterocycles. The van der Waals surface area contributed by atoms with Gasteiger partial charge in [-0.05, 0) is 18.5 Å². The molecule has 1 unspecified atom stereocenters. The molecule has 1 aromatic rings. The molecular weight excluding hydrogens is 318 g/mol. The largest absolute Gasteiger partial charge is 0.495 e. The van der Waals surface area contributed by atoms with Crippen molar-refractivity contribution in [3.63, 3.8) is 0 Å². The Bertz CT molecular complexity index is 518. The van der Waals surface area contributed by atoms with Gasteiger partial charge in [-0.25, -0.2) is 4.39 Å². The molecule has 8 heteroatoms. The molecule has 22 heavy (non-hydrogen) atoms. The molecule has 0 aromatic carbocycles. The van der Waals surface area contributed by atoms with Crippen molar-refractivity contribution < 1.29 is 23.3 Å². The van der Waals surface area contributed by atoms with Crippen LogP contribution in [0.5, 0.6) is 0 Å². The van der Waals surface area contributed by atoms with Gasteiger partial charge >= 0.3 is 7.12 Å². The van der Waals surface area contributed by atoms with Crippen molar-refractivity contribution >= 4 is 35.1 Å². The maximum atomic E-state index is 14.7. The minimum atomic E-state index is -2.09. The summed E-state index contributed by atoms with van der Waals surface area (Å²) in [6.45, 7) is 15.8. The molecule has 4 nitrogen and oxygen atoms in total. The lowest BCUT2D eigenvalue weighted by Crippen LogP contribution is -2.43. The molecule has 1 atom stereocenters. The molecule has 0 bridgehead atoms. The van der Waals surface area contributed by atoms with E-state index in [1.165, 1.54) is 0 Å². The summed E-state index contributed by atoms with van der Waals surface area (Å²) in [6, 6.07) is 0. The van der Waals surface area contributed by atoms with E-state index in [4.69, 9.17) is 8.84 Å². The lowest BCUT2D eigenvalue weighted by molar-refractivity contribution is 0.0680. The van der Waals surface area contributed by atoms with Crippen LogP contribution >= 0.6 is 0 Å². The zero-order chi connectivity index (χ0) is 17.5. The maximum Gasteiger partial charge on any atom is 0.495 e. The van der Waals surface area contributed by atoms with Crippen molar-refractivity contribution in [3.8, 4) is 0 Å². The third-order valence-corrected chi connectivity index (χ3v) is 5.79. The van der Waals surface area contributed by atoms with Crippen LogP contribution < -0.4 is 10.8 Å². The minimum Gasteiger partial charge on any atom is -0.466 e. The van der Waals surface area contributed by atoms with Crippen LogP contribution in [-0.4, -0.2) is 34.3 Å². The van der Waals surface area contributed by atoms with Crippen molar-refractivity contribution in [2.45, 2.75) is 59.6 Å². The molecule has 0 spiro atoms. The first-order valence-corrected chi connectivity index (χ1v) is 13.9. The summed E-state index contributed by atoms with van der Waals surface area (Å²) < 4.78 is 26.6. The average molecular weight is 346 g/mol. The standard InChI is InChI=1S/C14H28BFO4Si2/c1-14(2,3)12(20-21(4)5)11-9(15(17)18)10(16)13(19-11)22(6,7)8/h12,17-18,21H,1-8H3. The number of halogens is 1. The SMILES string of the molecule is C[SiH](C)OC(c1oc([Si](C)(C)C)c(F)c1B(O)O)C(C)(C)C. The second-order valence-electron chi connectivity index (χ2n) is 8.08. The Morgan fingerprint density at radius 3 is 2.05 bits per heavy atom. The van der Waals surface area contributed by atoms with Gasteiger partial charge in [0.05, 0.1) is 5.46 Å². The first-order chi connectivity index (χ1) is 9.76. The Hall–Kier alpha value is -0.411. The summed E-state index contributed by atoms with van der Waals surface area (Å²) in [6.07, 6.45) is -0.504. The maximum absolute atomic E-state index is 14.7. The Morgan fingerprint density at radius 2 is 1.73 bits per heavy atom. The molecule has 0 amide bonds. The van der Waals surface area contributed by atoms with Gasteiger partial charge in [0.1, 0.15) is 25.3 Å². The topological polar surface area (TPSA) is 62.8 Å². The van der Waals surface area contributed by atoms with Crippen LogP contribution in [0.25, 0.3) is 0 Å². The lowest BCUT2D eigenvalue weighted by Gasteiger charge is -2.31. The highest BCUT2D eigenvalue weighted by molar-refractivity contribution is 6.88. The van der Waals surface area contributed by atoms with Gasteiger partial charge in [0.2, 0.25) is 0 Å². The van der Waals surface area contributed by atoms with Gasteiger partial charge in [0.15, 0.2) is 14.9 Å². The molecule has 0 saturated carbocycles. The third kappa shape index (κ3) is 4.32. The first-order valence-electron chi connectivity index (χ1n) is 7.61. The Kier molecular flexibility index (Phi) is 5.89. The molecule has 126 valence electrons. The minimum absolute atomic E-state index is 0.174. The molecule has 0 aliphatic carbocycles. The van der Waals surface area contributed by atoms with E-state index in [0.717, 1.165) is 0 Å². The zero-order valence-electron chi connectivity index (χ0n) is 14.8. The smallest absolute Gasteiger partial charge is 0.466 e. The van der Waals surface area contributed by atoms with E-state index >= 15 is 0 Å². The second kappa shape index (κ2) is 6.60. The van der Waals surface area contributed by atoms with Crippen LogP contribution in [-0.2, 0) is 4.43 Å². The second-order valence-corrected chi connectivity index (χ2v) is 15.4. The molecule has 1 rings (SSSR count). The quantitative estimate of drug-likeness (QED) is 0.797. The fraction of sp³-hybridized carbons (Fsp3) is 0.714. The van der Waals surface area contributed by atoms with Crippen molar-refractivity contribution in [3.05, 3.63) is 11.6 Å². The van der Waals surface area contributed by atoms with Crippen LogP contribution in [0.3, 0.4) is 0 Å². The summed E-state index contributed by atoms with van der Waals surface area (Å²) >= 11 is 0. The third-order valence-electron chi connectivity index (χ3n) is 3.29. The van der Waals surface area contributed by atoms with Crippen molar-refractivity contribution in [2.75, 3.05) is 0 Å². The average Bonchev–Trinajstić information content (AvgIpc) is 2.61. The molecule has 0 fully saturated rings. The normalized spacial score (nSPS) is 14.5. The molecule has 0 aliphatic rings. The zero-order valence-corrected chi connectivity index (χ0v) is 17.0. The summed E-state index contributed by atoms with van der Waals surface area (Å²) in [5, 5.41) is 19.5. The van der Waals surface area contributed by atoms with Crippen molar-refractivity contribution in [1.29, 1.82) is 0 Å². The Labute approximate surface area is 135 Å². The van der Waals surface area contributed by atoms with Gasteiger partial charge in [-0.15, -0.1) is 0 Å². The van der Waals surface area contributed by atoms with Crippen LogP contribution in [0.15, 0.2) is 4.42 Å². The van der Waals surface area contributed by atoms with Gasteiger partial charge in [0, 0.05) is 0 Å². The van der Waals surface area contributed by atoms with E-state index in [-0.39, 0.29) is 22.0 Å². The lowest BCUT2D eigenvalue weighted by atomic mass is 9.75. The molecule has 0 aliphatic heterocycles. The van der Waals surface area contributed by atoms with Gasteiger partial charge < -0.3 is 18.9 Å². The summed E-state index contributed by atoms with van der Waals surface area (Å²) in [5.74, 6) is -0.411. The van der Waals surface area contributed by atoms with E-state index in [9.17, 15) is 14.4 Å². The van der Waals surface area contributed by atoms with Gasteiger partial charge in [0.25, 0.3) is 0 Å². The summed E-state index contributed by atoms with van der Waals surface area (Å²) in [7, 11) is -5.43. The number of hydrogen-bond acceptors (Lipinski definition) is 4. The van der Waals surface area contributed by atoms with Gasteiger partial charge in [-0.1, -0.05) is 40.4 Å². The highest BCUT2D eigenvalue weighted by Crippen LogP contribution is 2.36. The molecular formula is C14H28BFO4Si2. The van der Waals surface area contributed by atoms with Crippen LogP contribution in [0.2, 0.25) is 32.7 Å². The van der Waals surface area contributed by atoms with E-state index in [1.54, 1.807) is 0 Å². The monoisotopic (exact) mass is 346 g/mol. The molecule has 1 aromatic heterocycles. The molecule has 2 N–H and O–H groups in total. The van der Waals surface area contributed by atoms with E-state index < -0.39 is 36.2 Å². The predicted octanol–water partition coefficient (Wildman–Crippen LogP) is 1.73. The Balaban J connectivity index is 3.55. The van der Waals surface area contributed by atoms with Crippen LogP contribution in [0.1, 0.15) is 32.6 Å². The molecule has 0 radical (unpaired) electrons. The highest BCUT2D eigenvalue weighted by Gasteiger charge is 2.41. The van der Waals surface area contributed by atoms with E-state index in [1.807, 2.05) is 53.5 Å². The number of rotatable bonds is 5. The van der Waals surface area contributed by atoms with Gasteiger partial charge in [-0.2, -0.15) is 0 Å². The fourth-order valence-corrected chi connectivity index (χ4v) is 4.57. The van der Waals surface area contributed by atoms with E-state index in [0.29, 0.717) is 0 Å². The highest BCUT2D eigenvalue weighted by atomic mass is 28.3. The first kappa shape index (κ1) is 19.6. The summed E-state index contributed by atoms with van der Waals surface area (Å²) in [5.41, 5.74) is -0.519. The Morgan fingerprint density at radius 1 is 1.23 bits per heavy atom. The van der Waals surface area contributed by atoms with E-state index in [2.05, 4.69) is 0 Å². The van der Waals surface area contributed by atoms with Crippen LogP contribution in [0.4, 0.5) is 4.39 Å². The summed E-state index contributed by atoms with van der Waals surface area (Å²) in [4.78, 5) is 0. The number of furan rings is 1. The molecule has 0 saturated heterocycles. The van der Waals surface area contributed by atoms with Crippen LogP contribution in [0, 0.1) is 11.2 Å². The fourth-order valence-electron chi connectivity index (χ4n) is 2.29. The van der Waals surface area contributed by atoms with Crippen molar-refractivity contribution in [1.82, 2.24) is 0 Å². The van der Waals surface area contributed by atoms with Gasteiger partial charge in [-0.3, -0.25) is 0 Å². The number of hydrogen-bond donors (Lipinski definition) is 2. The van der Waals surface area contributed by atoms with Crippen molar-refractivity contribution in [2.24, 2.45) is 5.41 Å².